The van der Waals surface area contributed by atoms with Crippen molar-refractivity contribution in [3.63, 3.8) is 0 Å². The van der Waals surface area contributed by atoms with Gasteiger partial charge >= 0.3 is 73.8 Å². The quantitative estimate of drug-likeness (QED) is 0.0745. The zero-order valence-electron chi connectivity index (χ0n) is 22.4. The fourth-order valence-corrected chi connectivity index (χ4v) is 4.71. The summed E-state index contributed by atoms with van der Waals surface area (Å²) in [6.07, 6.45) is -1.17. The Morgan fingerprint density at radius 1 is 0.786 bits per heavy atom. The Balaban J connectivity index is 0. The van der Waals surface area contributed by atoms with Gasteiger partial charge in [0, 0.05) is 22.7 Å². The Labute approximate surface area is 262 Å². The summed E-state index contributed by atoms with van der Waals surface area (Å²) in [6.45, 7) is 1.49. The van der Waals surface area contributed by atoms with Gasteiger partial charge in [0.1, 0.15) is 11.5 Å². The minimum Gasteiger partial charge on any atom is -0.870 e. The Kier molecular flexibility index (Phi) is 19.1. The van der Waals surface area contributed by atoms with Crippen molar-refractivity contribution in [2.75, 3.05) is 18.1 Å². The summed E-state index contributed by atoms with van der Waals surface area (Å²) in [6, 6.07) is 11.6. The first-order chi connectivity index (χ1) is 18.7. The van der Waals surface area contributed by atoms with Crippen LogP contribution in [-0.2, 0) is 34.6 Å². The Morgan fingerprint density at radius 2 is 1.14 bits per heavy atom. The molecule has 0 aliphatic heterocycles. The number of carbonyl (C=O) groups is 2. The van der Waals surface area contributed by atoms with Gasteiger partial charge in [-0.1, -0.05) is 36.4 Å². The summed E-state index contributed by atoms with van der Waals surface area (Å²) >= 11 is 0. The van der Waals surface area contributed by atoms with Crippen molar-refractivity contribution in [1.29, 1.82) is 0 Å². The number of rotatable bonds is 15. The van der Waals surface area contributed by atoms with Gasteiger partial charge in [0.05, 0.1) is 18.1 Å². The number of benzene rings is 2. The van der Waals surface area contributed by atoms with Gasteiger partial charge in [-0.25, -0.2) is 9.59 Å². The van der Waals surface area contributed by atoms with Crippen molar-refractivity contribution in [2.45, 2.75) is 31.8 Å². The third kappa shape index (κ3) is 16.2. The molecular formula is C22H27N2NaO15S2. The van der Waals surface area contributed by atoms with Crippen molar-refractivity contribution >= 4 is 32.2 Å². The minimum atomic E-state index is -4.06. The van der Waals surface area contributed by atoms with Crippen LogP contribution in [0.25, 0.3) is 0 Å². The number of carbonyl (C=O) groups excluding carboxylic acids is 1. The molecule has 2 N–H and O–H groups in total. The first-order valence-electron chi connectivity index (χ1n) is 11.3. The summed E-state index contributed by atoms with van der Waals surface area (Å²) < 4.78 is 60.4. The summed E-state index contributed by atoms with van der Waals surface area (Å²) in [5.41, 5.74) is 0. The fourth-order valence-electron chi connectivity index (χ4n) is 2.71. The number of esters is 1. The molecule has 0 spiro atoms. The van der Waals surface area contributed by atoms with Gasteiger partial charge in [0.2, 0.25) is 0 Å². The molecule has 0 aliphatic rings. The molecule has 0 saturated heterocycles. The number of ether oxygens (including phenoxy) is 1. The topological polar surface area (TPSA) is 267 Å². The standard InChI is InChI=1S/C12H15NO7S.C10H11NO7S.Na.H2O/c1-2-19-12(14)11(13(15)16)8-9-21(17,18)20-10-6-4-3-5-7-10;12-10(13)9(11(14)15)6-7-19(16,17)18-8-4-2-1-3-5-8;;/h3-7,11H,2,8-9H2,1H3;1-5,9H,6-7H2,(H,12,13);;1H2/q;;+1;/p-1. The molecule has 0 amide bonds. The summed E-state index contributed by atoms with van der Waals surface area (Å²) in [5, 5.41) is 29.7. The van der Waals surface area contributed by atoms with E-state index < -0.39 is 78.5 Å². The van der Waals surface area contributed by atoms with E-state index in [4.69, 9.17) is 9.29 Å². The molecule has 2 rings (SSSR count). The van der Waals surface area contributed by atoms with Crippen molar-refractivity contribution in [3.8, 4) is 11.5 Å². The zero-order valence-corrected chi connectivity index (χ0v) is 26.0. The van der Waals surface area contributed by atoms with Crippen molar-refractivity contribution in [2.24, 2.45) is 0 Å². The van der Waals surface area contributed by atoms with Crippen molar-refractivity contribution in [3.05, 3.63) is 80.9 Å². The van der Waals surface area contributed by atoms with Crippen LogP contribution in [0, 0.1) is 20.2 Å². The van der Waals surface area contributed by atoms with Gasteiger partial charge in [-0.05, 0) is 31.2 Å². The predicted octanol–water partition coefficient (Wildman–Crippen LogP) is -1.66. The van der Waals surface area contributed by atoms with Crippen LogP contribution in [0.1, 0.15) is 19.8 Å². The van der Waals surface area contributed by atoms with Crippen LogP contribution in [0.5, 0.6) is 11.5 Å². The molecule has 0 fully saturated rings. The Bertz CT molecular complexity index is 1340. The van der Waals surface area contributed by atoms with E-state index in [9.17, 15) is 46.7 Å². The molecule has 20 heteroatoms. The largest absolute Gasteiger partial charge is 1.00 e. The van der Waals surface area contributed by atoms with Crippen LogP contribution in [0.4, 0.5) is 0 Å². The first kappa shape index (κ1) is 40.8. The van der Waals surface area contributed by atoms with Crippen LogP contribution >= 0.6 is 0 Å². The zero-order chi connectivity index (χ0) is 30.3. The molecular weight excluding hydrogens is 619 g/mol. The average molecular weight is 647 g/mol. The van der Waals surface area contributed by atoms with Crippen LogP contribution < -0.4 is 37.9 Å². The molecule has 2 atom stereocenters. The number of carboxylic acids is 1. The number of para-hydroxylation sites is 2. The molecule has 0 aliphatic carbocycles. The number of nitrogens with zero attached hydrogens (tertiary/aromatic N) is 2. The monoisotopic (exact) mass is 646 g/mol. The second-order valence-corrected chi connectivity index (χ2v) is 11.0. The van der Waals surface area contributed by atoms with Crippen LogP contribution in [0.3, 0.4) is 0 Å². The van der Waals surface area contributed by atoms with Gasteiger partial charge < -0.3 is 23.7 Å². The van der Waals surface area contributed by atoms with E-state index in [-0.39, 0.29) is 53.1 Å². The molecule has 17 nitrogen and oxygen atoms in total. The average Bonchev–Trinajstić information content (AvgIpc) is 2.84. The van der Waals surface area contributed by atoms with Crippen molar-refractivity contribution < 1.29 is 89.5 Å². The van der Waals surface area contributed by atoms with E-state index in [0.29, 0.717) is 0 Å². The summed E-state index contributed by atoms with van der Waals surface area (Å²) in [5.74, 6) is -3.98. The van der Waals surface area contributed by atoms with Crippen LogP contribution in [0.15, 0.2) is 60.7 Å². The van der Waals surface area contributed by atoms with Crippen LogP contribution in [0.2, 0.25) is 0 Å². The van der Waals surface area contributed by atoms with Gasteiger partial charge in [-0.2, -0.15) is 16.8 Å². The maximum Gasteiger partial charge on any atom is 1.00 e. The molecule has 2 aromatic rings. The molecule has 2 aromatic carbocycles. The second kappa shape index (κ2) is 19.7. The van der Waals surface area contributed by atoms with E-state index in [2.05, 4.69) is 8.92 Å². The summed E-state index contributed by atoms with van der Waals surface area (Å²) in [7, 11) is -8.09. The molecule has 0 bridgehead atoms. The van der Waals surface area contributed by atoms with Crippen molar-refractivity contribution in [1.82, 2.24) is 0 Å². The molecule has 0 heterocycles. The maximum atomic E-state index is 11.7. The molecule has 0 saturated carbocycles. The summed E-state index contributed by atoms with van der Waals surface area (Å²) in [4.78, 5) is 41.2. The Hall–Kier alpha value is -3.36. The Morgan fingerprint density at radius 3 is 1.45 bits per heavy atom. The molecule has 0 aromatic heterocycles. The smallest absolute Gasteiger partial charge is 0.870 e. The van der Waals surface area contributed by atoms with Gasteiger partial charge in [-0.3, -0.25) is 20.2 Å². The van der Waals surface area contributed by atoms with E-state index in [1.807, 2.05) is 0 Å². The van der Waals surface area contributed by atoms with E-state index in [0.717, 1.165) is 0 Å². The molecule has 228 valence electrons. The molecule has 2 unspecified atom stereocenters. The minimum absolute atomic E-state index is 0. The van der Waals surface area contributed by atoms with E-state index in [1.165, 1.54) is 31.2 Å². The normalized spacial score (nSPS) is 11.9. The number of hydrogen-bond acceptors (Lipinski definition) is 14. The predicted molar refractivity (Wildman–Crippen MR) is 139 cm³/mol. The van der Waals surface area contributed by atoms with Crippen LogP contribution in [-0.4, -0.2) is 79.4 Å². The van der Waals surface area contributed by atoms with E-state index >= 15 is 0 Å². The molecule has 42 heavy (non-hydrogen) atoms. The number of aliphatic carboxylic acids is 1. The third-order valence-corrected chi connectivity index (χ3v) is 6.93. The SMILES string of the molecule is CCOC(=O)C(CCS(=O)(=O)Oc1ccccc1)[N+](=O)[O-].O=C(O)C(CCS(=O)(=O)Oc1ccccc1)[N+](=O)[O-].[Na+].[OH-]. The number of hydrogen-bond donors (Lipinski definition) is 1. The first-order valence-corrected chi connectivity index (χ1v) is 14.4. The molecule has 0 radical (unpaired) electrons. The number of carboxylic acid groups (broad SMARTS) is 1. The third-order valence-electron chi connectivity index (χ3n) is 4.57. The maximum absolute atomic E-state index is 11.7. The second-order valence-electron chi connectivity index (χ2n) is 7.59. The van der Waals surface area contributed by atoms with E-state index in [1.54, 1.807) is 36.4 Å². The number of nitro groups is 2. The van der Waals surface area contributed by atoms with Gasteiger partial charge in [0.15, 0.2) is 0 Å². The van der Waals surface area contributed by atoms with Gasteiger partial charge in [0.25, 0.3) is 0 Å². The van der Waals surface area contributed by atoms with Gasteiger partial charge in [-0.15, -0.1) is 0 Å². The fraction of sp³-hybridized carbons (Fsp3) is 0.364.